The number of pyridine rings is 1. The number of nitrogens with one attached hydrogen (secondary N) is 2. The van der Waals surface area contributed by atoms with Crippen LogP contribution in [0.3, 0.4) is 0 Å². The Morgan fingerprint density at radius 2 is 2.21 bits per heavy atom. The molecular formula is C22H22N9O5S3+. The van der Waals surface area contributed by atoms with Crippen molar-refractivity contribution in [2.24, 2.45) is 12.2 Å². The molecule has 2 aliphatic heterocycles. The van der Waals surface area contributed by atoms with Crippen molar-refractivity contribution in [2.45, 2.75) is 22.9 Å². The van der Waals surface area contributed by atoms with Gasteiger partial charge in [0.2, 0.25) is 0 Å². The molecular weight excluding hydrogens is 567 g/mol. The van der Waals surface area contributed by atoms with Crippen LogP contribution in [-0.4, -0.2) is 76.6 Å². The second-order valence-corrected chi connectivity index (χ2v) is 11.4. The number of hydrogen-bond donors (Lipinski definition) is 4. The van der Waals surface area contributed by atoms with E-state index in [1.54, 1.807) is 0 Å². The molecule has 3 aromatic heterocycles. The van der Waals surface area contributed by atoms with Gasteiger partial charge in [-0.25, -0.2) is 19.3 Å². The summed E-state index contributed by atoms with van der Waals surface area (Å²) >= 11 is 4.00. The van der Waals surface area contributed by atoms with Crippen LogP contribution in [0.2, 0.25) is 0 Å². The Hall–Kier alpha value is -3.96. The lowest BCUT2D eigenvalue weighted by molar-refractivity contribution is -0.671. The number of carboxylic acid groups (broad SMARTS) is 1. The lowest BCUT2D eigenvalue weighted by atomic mass is 10.0. The van der Waals surface area contributed by atoms with Crippen LogP contribution in [0.15, 0.2) is 57.6 Å². The fraction of sp³-hybridized carbons (Fsp3) is 0.273. The molecule has 2 amide bonds. The number of aliphatic carboxylic acids is 1. The van der Waals surface area contributed by atoms with Crippen LogP contribution in [-0.2, 0) is 32.9 Å². The summed E-state index contributed by atoms with van der Waals surface area (Å²) in [7, 11) is 1.91. The maximum absolute atomic E-state index is 13.2. The Morgan fingerprint density at radius 1 is 1.41 bits per heavy atom. The Bertz CT molecular complexity index is 1460. The third kappa shape index (κ3) is 5.74. The van der Waals surface area contributed by atoms with Gasteiger partial charge < -0.3 is 21.0 Å². The fourth-order valence-electron chi connectivity index (χ4n) is 3.82. The molecule has 202 valence electrons. The van der Waals surface area contributed by atoms with Crippen molar-refractivity contribution in [3.63, 3.8) is 0 Å². The summed E-state index contributed by atoms with van der Waals surface area (Å²) in [6.45, 7) is -0.0833. The van der Waals surface area contributed by atoms with E-state index in [2.05, 4.69) is 30.6 Å². The zero-order valence-corrected chi connectivity index (χ0v) is 22.8. The summed E-state index contributed by atoms with van der Waals surface area (Å²) in [6, 6.07) is 2.93. The molecule has 39 heavy (non-hydrogen) atoms. The van der Waals surface area contributed by atoms with Crippen molar-refractivity contribution in [2.75, 3.05) is 17.2 Å². The van der Waals surface area contributed by atoms with Crippen molar-refractivity contribution in [3.8, 4) is 0 Å². The number of aryl methyl sites for hydroxylation is 1. The molecule has 2 aliphatic rings. The van der Waals surface area contributed by atoms with E-state index in [9.17, 15) is 19.5 Å². The number of oxime groups is 1. The van der Waals surface area contributed by atoms with E-state index in [0.29, 0.717) is 22.9 Å². The molecule has 5 rings (SSSR count). The topological polar surface area (TPSA) is 193 Å². The van der Waals surface area contributed by atoms with E-state index in [1.165, 1.54) is 40.1 Å². The van der Waals surface area contributed by atoms with Crippen LogP contribution in [0.5, 0.6) is 0 Å². The van der Waals surface area contributed by atoms with Crippen LogP contribution in [0.4, 0.5) is 5.13 Å². The van der Waals surface area contributed by atoms with Crippen molar-refractivity contribution in [1.29, 1.82) is 0 Å². The zero-order valence-electron chi connectivity index (χ0n) is 20.3. The number of aromatic nitrogens is 5. The second kappa shape index (κ2) is 11.4. The largest absolute Gasteiger partial charge is 0.477 e. The van der Waals surface area contributed by atoms with Crippen LogP contribution in [0.25, 0.3) is 0 Å². The predicted octanol–water partition coefficient (Wildman–Crippen LogP) is 0.120. The zero-order chi connectivity index (χ0) is 27.5. The van der Waals surface area contributed by atoms with Crippen molar-refractivity contribution >= 4 is 63.5 Å². The minimum Gasteiger partial charge on any atom is -0.477 e. The number of amides is 2. The van der Waals surface area contributed by atoms with Gasteiger partial charge in [-0.2, -0.15) is 5.10 Å². The molecule has 0 radical (unpaired) electrons. The molecule has 5 N–H and O–H groups in total. The van der Waals surface area contributed by atoms with Gasteiger partial charge in [0, 0.05) is 33.9 Å². The van der Waals surface area contributed by atoms with Crippen molar-refractivity contribution < 1.29 is 28.9 Å². The van der Waals surface area contributed by atoms with Gasteiger partial charge in [-0.15, -0.1) is 34.9 Å². The number of rotatable bonds is 10. The summed E-state index contributed by atoms with van der Waals surface area (Å²) in [6.07, 6.45) is 5.12. The number of hydrogen-bond acceptors (Lipinski definition) is 12. The van der Waals surface area contributed by atoms with E-state index in [0.717, 1.165) is 16.2 Å². The summed E-state index contributed by atoms with van der Waals surface area (Å²) < 4.78 is 1.91. The summed E-state index contributed by atoms with van der Waals surface area (Å²) in [4.78, 5) is 53.9. The third-order valence-corrected chi connectivity index (χ3v) is 8.81. The normalized spacial score (nSPS) is 18.9. The first-order valence-corrected chi connectivity index (χ1v) is 14.3. The quantitative estimate of drug-likeness (QED) is 0.0826. The average molecular weight is 589 g/mol. The number of H-pyrrole nitrogens is 1. The lowest BCUT2D eigenvalue weighted by Gasteiger charge is -2.49. The molecule has 1 fully saturated rings. The highest BCUT2D eigenvalue weighted by Crippen LogP contribution is 2.41. The number of anilines is 1. The number of nitrogens with two attached hydrogens (primary N) is 1. The first-order valence-electron chi connectivity index (χ1n) is 11.4. The Kier molecular flexibility index (Phi) is 7.80. The maximum Gasteiger partial charge on any atom is 0.352 e. The molecule has 3 aromatic rings. The summed E-state index contributed by atoms with van der Waals surface area (Å²) in [5, 5.41) is 24.0. The van der Waals surface area contributed by atoms with E-state index >= 15 is 0 Å². The van der Waals surface area contributed by atoms with E-state index in [4.69, 9.17) is 10.6 Å². The molecule has 0 saturated carbocycles. The minimum atomic E-state index is -1.19. The Labute approximate surface area is 233 Å². The van der Waals surface area contributed by atoms with Gasteiger partial charge in [0.05, 0.1) is 0 Å². The highest BCUT2D eigenvalue weighted by atomic mass is 32.2. The van der Waals surface area contributed by atoms with Crippen LogP contribution >= 0.6 is 34.9 Å². The molecule has 1 saturated heterocycles. The fourth-order valence-corrected chi connectivity index (χ4v) is 6.73. The van der Waals surface area contributed by atoms with Gasteiger partial charge in [-0.05, 0) is 5.57 Å². The number of fused-ring (bicyclic) bond motifs is 1. The number of thioether (sulfide) groups is 2. The molecule has 0 bridgehead atoms. The Balaban J connectivity index is 1.29. The number of nitrogen functional groups attached to an aromatic ring is 1. The molecule has 2 atom stereocenters. The highest BCUT2D eigenvalue weighted by Gasteiger charge is 2.54. The Morgan fingerprint density at radius 3 is 2.87 bits per heavy atom. The number of carbonyl (C=O) groups is 3. The van der Waals surface area contributed by atoms with Crippen LogP contribution in [0.1, 0.15) is 11.5 Å². The molecule has 0 unspecified atom stereocenters. The van der Waals surface area contributed by atoms with E-state index < -0.39 is 29.2 Å². The number of β-lactam (4-membered cyclic amide) rings is 1. The molecule has 17 heteroatoms. The van der Waals surface area contributed by atoms with Gasteiger partial charge in [-0.1, -0.05) is 5.16 Å². The number of aromatic amines is 1. The van der Waals surface area contributed by atoms with Gasteiger partial charge >= 0.3 is 5.97 Å². The predicted molar refractivity (Wildman–Crippen MR) is 142 cm³/mol. The number of carbonyl (C=O) groups excluding carboxylic acids is 2. The number of nitrogens with zero attached hydrogens (tertiary/aromatic N) is 6. The van der Waals surface area contributed by atoms with Gasteiger partial charge in [0.25, 0.3) is 11.8 Å². The standard InChI is InChI=1S/C22H21N9O5S3/c1-30-4-2-12(3-5-30)37-7-11-8-38-20-16(19(33)31(20)17(11)21(34)35)27-18(32)15(13-9-39-22(23)26-13)29-36-6-14-24-10-25-28-14/h2-5,9-10,16,20H,6-8H2,1H3,(H4-,23,24,25,26,27,28,32,34,35)/p+1/b29-15-/t16-,20-/m1/s1. The van der Waals surface area contributed by atoms with Crippen LogP contribution in [0, 0.1) is 0 Å². The molecule has 0 spiro atoms. The average Bonchev–Trinajstić information content (AvgIpc) is 3.60. The third-order valence-electron chi connectivity index (χ3n) is 5.70. The highest BCUT2D eigenvalue weighted by molar-refractivity contribution is 8.01. The molecule has 5 heterocycles. The maximum atomic E-state index is 13.2. The SMILES string of the molecule is C[n+]1ccc(SCC2=C(C(=O)O)N3C(=O)[C@@H](NC(=O)/C(=N\OCc4ncn[nH]4)c4csc(N)n4)[C@H]3SC2)cc1. The van der Waals surface area contributed by atoms with Crippen LogP contribution < -0.4 is 15.6 Å². The molecule has 0 aliphatic carbocycles. The van der Waals surface area contributed by atoms with Gasteiger partial charge in [-0.3, -0.25) is 19.6 Å². The first-order chi connectivity index (χ1) is 18.8. The second-order valence-electron chi connectivity index (χ2n) is 8.32. The molecule has 14 nitrogen and oxygen atoms in total. The van der Waals surface area contributed by atoms with Crippen molar-refractivity contribution in [3.05, 3.63) is 59.0 Å². The monoisotopic (exact) mass is 588 g/mol. The summed E-state index contributed by atoms with van der Waals surface area (Å²) in [5.74, 6) is -1.21. The van der Waals surface area contributed by atoms with Gasteiger partial charge in [0.1, 0.15) is 36.2 Å². The van der Waals surface area contributed by atoms with Gasteiger partial charge in [0.15, 0.2) is 35.7 Å². The number of carboxylic acids is 1. The van der Waals surface area contributed by atoms with Crippen molar-refractivity contribution in [1.82, 2.24) is 30.4 Å². The number of thiazole rings is 1. The molecule has 0 aromatic carbocycles. The summed E-state index contributed by atoms with van der Waals surface area (Å²) in [5.41, 5.74) is 6.31. The smallest absolute Gasteiger partial charge is 0.352 e. The van der Waals surface area contributed by atoms with E-state index in [-0.39, 0.29) is 28.8 Å². The first kappa shape index (κ1) is 26.6. The minimum absolute atomic E-state index is 0.0419. The lowest BCUT2D eigenvalue weighted by Crippen LogP contribution is -2.71. The van der Waals surface area contributed by atoms with E-state index in [1.807, 2.05) is 36.1 Å².